The number of carbonyl (C=O) groups excluding carboxylic acids is 3. The Hall–Kier alpha value is -2.37. The van der Waals surface area contributed by atoms with Crippen LogP contribution in [-0.2, 0) is 28.6 Å². The van der Waals surface area contributed by atoms with Crippen molar-refractivity contribution in [2.24, 2.45) is 28.6 Å². The lowest BCUT2D eigenvalue weighted by Gasteiger charge is -2.62. The minimum Gasteiger partial charge on any atom is -0.493 e. The Kier molecular flexibility index (Phi) is 3.94. The number of ketones is 2. The average Bonchev–Trinajstić information content (AvgIpc) is 2.63. The summed E-state index contributed by atoms with van der Waals surface area (Å²) in [6, 6.07) is 0. The van der Waals surface area contributed by atoms with E-state index in [0.29, 0.717) is 17.8 Å². The van der Waals surface area contributed by atoms with Crippen LogP contribution >= 0.6 is 0 Å². The van der Waals surface area contributed by atoms with E-state index in [9.17, 15) is 14.4 Å². The third-order valence-corrected chi connectivity index (χ3v) is 7.62. The summed E-state index contributed by atoms with van der Waals surface area (Å²) < 4.78 is 16.6. The highest BCUT2D eigenvalue weighted by molar-refractivity contribution is 6.08. The Morgan fingerprint density at radius 3 is 2.39 bits per heavy atom. The van der Waals surface area contributed by atoms with Crippen LogP contribution in [-0.4, -0.2) is 37.9 Å². The molecule has 1 saturated carbocycles. The lowest BCUT2D eigenvalue weighted by Crippen LogP contribution is -2.67. The lowest BCUT2D eigenvalue weighted by atomic mass is 9.41. The fourth-order valence-electron chi connectivity index (χ4n) is 6.36. The first kappa shape index (κ1) is 19.0. The van der Waals surface area contributed by atoms with Gasteiger partial charge < -0.3 is 14.2 Å². The summed E-state index contributed by atoms with van der Waals surface area (Å²) in [6.07, 6.45) is 3.34. The van der Waals surface area contributed by atoms with Gasteiger partial charge in [0.25, 0.3) is 0 Å². The van der Waals surface area contributed by atoms with Crippen molar-refractivity contribution in [1.29, 1.82) is 0 Å². The van der Waals surface area contributed by atoms with Crippen LogP contribution in [0, 0.1) is 28.6 Å². The fourth-order valence-corrected chi connectivity index (χ4v) is 6.36. The molecule has 6 heteroatoms. The molecule has 0 saturated heterocycles. The first-order valence-corrected chi connectivity index (χ1v) is 9.65. The van der Waals surface area contributed by atoms with Crippen LogP contribution in [0.4, 0.5) is 0 Å². The van der Waals surface area contributed by atoms with Gasteiger partial charge in [-0.2, -0.15) is 0 Å². The van der Waals surface area contributed by atoms with Crippen LogP contribution < -0.4 is 0 Å². The summed E-state index contributed by atoms with van der Waals surface area (Å²) in [7, 11) is 2.93. The topological polar surface area (TPSA) is 78.9 Å². The van der Waals surface area contributed by atoms with E-state index in [1.165, 1.54) is 20.3 Å². The smallest absolute Gasteiger partial charge is 0.331 e. The van der Waals surface area contributed by atoms with Crippen LogP contribution in [0.1, 0.15) is 34.1 Å². The highest BCUT2D eigenvalue weighted by Gasteiger charge is 2.70. The zero-order valence-corrected chi connectivity index (χ0v) is 17.1. The molecule has 0 unspecified atom stereocenters. The van der Waals surface area contributed by atoms with Crippen molar-refractivity contribution in [1.82, 2.24) is 0 Å². The molecule has 0 aromatic carbocycles. The summed E-state index contributed by atoms with van der Waals surface area (Å²) in [6.45, 7) is 7.62. The highest BCUT2D eigenvalue weighted by atomic mass is 16.5. The predicted molar refractivity (Wildman–Crippen MR) is 99.8 cm³/mol. The van der Waals surface area contributed by atoms with Gasteiger partial charge in [0.1, 0.15) is 6.10 Å². The molecule has 4 aliphatic rings. The van der Waals surface area contributed by atoms with Gasteiger partial charge in [0.2, 0.25) is 11.6 Å². The van der Waals surface area contributed by atoms with Gasteiger partial charge >= 0.3 is 5.97 Å². The normalized spacial score (nSPS) is 42.1. The summed E-state index contributed by atoms with van der Waals surface area (Å²) in [4.78, 5) is 39.5. The molecule has 0 spiro atoms. The van der Waals surface area contributed by atoms with E-state index < -0.39 is 28.8 Å². The van der Waals surface area contributed by atoms with Crippen LogP contribution in [0.5, 0.6) is 0 Å². The van der Waals surface area contributed by atoms with Gasteiger partial charge in [-0.1, -0.05) is 20.8 Å². The third kappa shape index (κ3) is 2.01. The Labute approximate surface area is 164 Å². The molecule has 1 fully saturated rings. The highest BCUT2D eigenvalue weighted by Crippen LogP contribution is 2.66. The molecule has 150 valence electrons. The number of methoxy groups -OCH3 is 2. The molecule has 0 N–H and O–H groups in total. The second-order valence-electron chi connectivity index (χ2n) is 8.77. The Bertz CT molecular complexity index is 893. The molecule has 6 atom stereocenters. The van der Waals surface area contributed by atoms with Gasteiger partial charge in [-0.3, -0.25) is 9.59 Å². The van der Waals surface area contributed by atoms with Gasteiger partial charge in [-0.25, -0.2) is 4.79 Å². The molecule has 1 aliphatic heterocycles. The quantitative estimate of drug-likeness (QED) is 0.679. The molecule has 0 aromatic heterocycles. The Balaban J connectivity index is 2.03. The molecular weight excluding hydrogens is 360 g/mol. The summed E-state index contributed by atoms with van der Waals surface area (Å²) in [5.41, 5.74) is -0.374. The second-order valence-corrected chi connectivity index (χ2v) is 8.77. The molecule has 3 aliphatic carbocycles. The zero-order chi connectivity index (χ0) is 20.6. The summed E-state index contributed by atoms with van der Waals surface area (Å²) >= 11 is 0. The average molecular weight is 386 g/mol. The van der Waals surface area contributed by atoms with E-state index in [-0.39, 0.29) is 29.2 Å². The number of ether oxygens (including phenoxy) is 3. The maximum absolute atomic E-state index is 13.7. The van der Waals surface area contributed by atoms with Crippen LogP contribution in [0.25, 0.3) is 0 Å². The van der Waals surface area contributed by atoms with Crippen LogP contribution in [0.2, 0.25) is 0 Å². The second kappa shape index (κ2) is 5.82. The molecule has 0 bridgehead atoms. The van der Waals surface area contributed by atoms with Gasteiger partial charge in [0.15, 0.2) is 11.5 Å². The van der Waals surface area contributed by atoms with Gasteiger partial charge in [0.05, 0.1) is 20.1 Å². The monoisotopic (exact) mass is 386 g/mol. The number of rotatable bonds is 2. The number of Topliss-reactive ketones (excluding diaryl/α,β-unsaturated/α-hetero) is 2. The van der Waals surface area contributed by atoms with E-state index in [4.69, 9.17) is 14.2 Å². The van der Waals surface area contributed by atoms with Crippen LogP contribution in [0.15, 0.2) is 34.8 Å². The third-order valence-electron chi connectivity index (χ3n) is 7.62. The minimum atomic E-state index is -0.977. The lowest BCUT2D eigenvalue weighted by molar-refractivity contribution is -0.187. The van der Waals surface area contributed by atoms with Crippen molar-refractivity contribution in [3.05, 3.63) is 34.8 Å². The van der Waals surface area contributed by atoms with Crippen molar-refractivity contribution in [3.8, 4) is 0 Å². The van der Waals surface area contributed by atoms with Crippen molar-refractivity contribution in [3.63, 3.8) is 0 Å². The first-order valence-electron chi connectivity index (χ1n) is 9.65. The predicted octanol–water partition coefficient (Wildman–Crippen LogP) is 2.74. The molecule has 4 rings (SSSR count). The molecule has 0 aromatic rings. The zero-order valence-electron chi connectivity index (χ0n) is 17.1. The van der Waals surface area contributed by atoms with E-state index in [1.807, 2.05) is 26.8 Å². The number of esters is 1. The number of hydrogen-bond acceptors (Lipinski definition) is 6. The molecular formula is C22H26O6. The molecule has 0 radical (unpaired) electrons. The molecule has 0 amide bonds. The number of allylic oxidation sites excluding steroid dienone is 4. The van der Waals surface area contributed by atoms with E-state index in [2.05, 4.69) is 0 Å². The molecule has 28 heavy (non-hydrogen) atoms. The van der Waals surface area contributed by atoms with E-state index >= 15 is 0 Å². The van der Waals surface area contributed by atoms with Gasteiger partial charge in [-0.15, -0.1) is 0 Å². The number of fused-ring (bicyclic) bond motifs is 2. The maximum Gasteiger partial charge on any atom is 0.331 e. The molecule has 6 nitrogen and oxygen atoms in total. The first-order chi connectivity index (χ1) is 13.1. The van der Waals surface area contributed by atoms with Crippen molar-refractivity contribution in [2.75, 3.05) is 14.2 Å². The minimum absolute atomic E-state index is 0.000978. The largest absolute Gasteiger partial charge is 0.493 e. The van der Waals surface area contributed by atoms with Crippen molar-refractivity contribution in [2.45, 2.75) is 40.2 Å². The Morgan fingerprint density at radius 2 is 1.79 bits per heavy atom. The van der Waals surface area contributed by atoms with Gasteiger partial charge in [-0.05, 0) is 42.4 Å². The van der Waals surface area contributed by atoms with E-state index in [0.717, 1.165) is 5.57 Å². The summed E-state index contributed by atoms with van der Waals surface area (Å²) in [5.74, 6) is -1.10. The van der Waals surface area contributed by atoms with Gasteiger partial charge in [0, 0.05) is 16.9 Å². The maximum atomic E-state index is 13.7. The number of hydrogen-bond donors (Lipinski definition) is 0. The van der Waals surface area contributed by atoms with Crippen LogP contribution in [0.3, 0.4) is 0 Å². The number of carbonyl (C=O) groups is 3. The fraction of sp³-hybridized carbons (Fsp3) is 0.591. The SMILES string of the molecule is COC1=C[C@@H](C)[C@@H]2C[C@H]3OC(=O)C=C4C(C)=C(OC)C(=O)[C@@H]([C@]43C)[C@@]2(C)C1=O. The van der Waals surface area contributed by atoms with Crippen molar-refractivity contribution >= 4 is 17.5 Å². The molecule has 1 heterocycles. The summed E-state index contributed by atoms with van der Waals surface area (Å²) in [5, 5.41) is 0. The Morgan fingerprint density at radius 1 is 1.11 bits per heavy atom. The standard InChI is InChI=1S/C22H26O6/c1-10-7-14(26-5)20(25)22(4)12(10)8-15-21(3)13(9-16(23)28-15)11(2)18(27-6)17(24)19(21)22/h7,9-10,12,15,19H,8H2,1-6H3/t10-,12+,15-,19+,21-,22+/m1/s1. The van der Waals surface area contributed by atoms with Crippen molar-refractivity contribution < 1.29 is 28.6 Å². The van der Waals surface area contributed by atoms with E-state index in [1.54, 1.807) is 6.92 Å².